The van der Waals surface area contributed by atoms with Gasteiger partial charge in [0.2, 0.25) is 17.5 Å². The molecule has 1 aromatic carbocycles. The van der Waals surface area contributed by atoms with Crippen LogP contribution in [0.1, 0.15) is 46.4 Å². The molecule has 0 aliphatic carbocycles. The number of carbonyl (C=O) groups excluding carboxylic acids is 5. The van der Waals surface area contributed by atoms with Gasteiger partial charge in [-0.25, -0.2) is 9.97 Å². The maximum Gasteiger partial charge on any atom is 0.433 e. The first-order valence-electron chi connectivity index (χ1n) is 11.2. The van der Waals surface area contributed by atoms with Crippen LogP contribution in [0.3, 0.4) is 0 Å². The number of hydrogen-bond acceptors (Lipinski definition) is 7. The van der Waals surface area contributed by atoms with Crippen LogP contribution in [-0.2, 0) is 20.6 Å². The van der Waals surface area contributed by atoms with Crippen LogP contribution >= 0.6 is 11.6 Å². The van der Waals surface area contributed by atoms with Gasteiger partial charge in [-0.05, 0) is 44.0 Å². The first kappa shape index (κ1) is 28.5. The minimum Gasteiger partial charge on any atom is -0.353 e. The van der Waals surface area contributed by atoms with Crippen molar-refractivity contribution in [2.24, 2.45) is 5.92 Å². The van der Waals surface area contributed by atoms with E-state index in [1.54, 1.807) is 6.92 Å². The summed E-state index contributed by atoms with van der Waals surface area (Å²) in [6, 6.07) is 2.69. The normalized spacial score (nSPS) is 17.8. The fourth-order valence-corrected chi connectivity index (χ4v) is 3.98. The van der Waals surface area contributed by atoms with E-state index >= 15 is 0 Å². The predicted molar refractivity (Wildman–Crippen MR) is 127 cm³/mol. The fourth-order valence-electron chi connectivity index (χ4n) is 3.81. The number of nitrogens with zero attached hydrogens (tertiary/aromatic N) is 2. The first-order valence-corrected chi connectivity index (χ1v) is 11.6. The zero-order chi connectivity index (χ0) is 28.2. The number of rotatable bonds is 8. The molecule has 1 fully saturated rings. The third kappa shape index (κ3) is 6.82. The molecule has 3 atom stereocenters. The van der Waals surface area contributed by atoms with E-state index in [0.717, 1.165) is 12.3 Å². The van der Waals surface area contributed by atoms with E-state index < -0.39 is 53.2 Å². The standard InChI is InChI=1S/C23H22ClF3N6O5/c1-10-7-11(19(35)30-10)8-15(17(34)21(37)28-2)32-20(36)13-9-12(24)3-4-14(13)31-22(38)18-29-6-5-16(33-18)23(25,26)27/h3-6,9-11,15H,7-8H2,1-2H3,(H,28,37)(H,30,35)(H,31,38)(H,32,36)/t10-,11+,15+/m1/s1. The van der Waals surface area contributed by atoms with Gasteiger partial charge in [-0.1, -0.05) is 11.6 Å². The highest BCUT2D eigenvalue weighted by atomic mass is 35.5. The molecule has 1 saturated heterocycles. The number of anilines is 1. The highest BCUT2D eigenvalue weighted by molar-refractivity contribution is 6.38. The van der Waals surface area contributed by atoms with Gasteiger partial charge < -0.3 is 21.3 Å². The number of ketones is 1. The minimum atomic E-state index is -4.82. The molecular formula is C23H22ClF3N6O5. The highest BCUT2D eigenvalue weighted by Gasteiger charge is 2.37. The summed E-state index contributed by atoms with van der Waals surface area (Å²) in [6.45, 7) is 1.76. The van der Waals surface area contributed by atoms with Crippen LogP contribution in [-0.4, -0.2) is 58.5 Å². The second kappa shape index (κ2) is 11.5. The number of benzene rings is 1. The molecule has 15 heteroatoms. The topological polar surface area (TPSA) is 159 Å². The Labute approximate surface area is 218 Å². The molecule has 0 bridgehead atoms. The second-order valence-corrected chi connectivity index (χ2v) is 8.89. The molecule has 1 aromatic heterocycles. The summed E-state index contributed by atoms with van der Waals surface area (Å²) in [5.74, 6) is -5.89. The summed E-state index contributed by atoms with van der Waals surface area (Å²) in [5, 5.41) is 9.58. The second-order valence-electron chi connectivity index (χ2n) is 8.45. The fraction of sp³-hybridized carbons (Fsp3) is 0.348. The van der Waals surface area contributed by atoms with Gasteiger partial charge in [0.25, 0.3) is 17.7 Å². The van der Waals surface area contributed by atoms with E-state index in [-0.39, 0.29) is 34.6 Å². The number of likely N-dealkylation sites (N-methyl/N-ethyl adjacent to an activating group) is 1. The third-order valence-electron chi connectivity index (χ3n) is 5.61. The molecule has 38 heavy (non-hydrogen) atoms. The summed E-state index contributed by atoms with van der Waals surface area (Å²) in [4.78, 5) is 69.4. The molecule has 1 aliphatic rings. The van der Waals surface area contributed by atoms with Gasteiger partial charge in [0.05, 0.1) is 17.3 Å². The van der Waals surface area contributed by atoms with E-state index in [1.807, 2.05) is 0 Å². The third-order valence-corrected chi connectivity index (χ3v) is 5.85. The Balaban J connectivity index is 1.86. The first-order chi connectivity index (χ1) is 17.8. The summed E-state index contributed by atoms with van der Waals surface area (Å²) >= 11 is 6.00. The number of halogens is 4. The maximum atomic E-state index is 13.2. The molecule has 0 saturated carbocycles. The van der Waals surface area contributed by atoms with Crippen molar-refractivity contribution in [2.45, 2.75) is 38.0 Å². The van der Waals surface area contributed by atoms with Crippen LogP contribution in [0.5, 0.6) is 0 Å². The lowest BCUT2D eigenvalue weighted by atomic mass is 9.93. The van der Waals surface area contributed by atoms with Gasteiger partial charge in [0.15, 0.2) is 0 Å². The van der Waals surface area contributed by atoms with Crippen molar-refractivity contribution < 1.29 is 37.1 Å². The molecule has 3 rings (SSSR count). The molecule has 0 spiro atoms. The van der Waals surface area contributed by atoms with Crippen molar-refractivity contribution in [3.63, 3.8) is 0 Å². The molecule has 4 N–H and O–H groups in total. The van der Waals surface area contributed by atoms with Crippen molar-refractivity contribution in [1.82, 2.24) is 25.9 Å². The van der Waals surface area contributed by atoms with Gasteiger partial charge in [-0.15, -0.1) is 0 Å². The molecule has 11 nitrogen and oxygen atoms in total. The van der Waals surface area contributed by atoms with Crippen molar-refractivity contribution in [3.05, 3.63) is 52.6 Å². The van der Waals surface area contributed by atoms with Crippen LogP contribution < -0.4 is 21.3 Å². The lowest BCUT2D eigenvalue weighted by Gasteiger charge is -2.20. The van der Waals surface area contributed by atoms with Gasteiger partial charge in [0.1, 0.15) is 5.69 Å². The van der Waals surface area contributed by atoms with E-state index in [0.29, 0.717) is 12.5 Å². The Kier molecular flexibility index (Phi) is 8.66. The summed E-state index contributed by atoms with van der Waals surface area (Å²) in [6.07, 6.45) is -3.85. The van der Waals surface area contributed by atoms with Crippen LogP contribution in [0.15, 0.2) is 30.5 Å². The molecular weight excluding hydrogens is 533 g/mol. The Morgan fingerprint density at radius 3 is 2.50 bits per heavy atom. The number of carbonyl (C=O) groups is 5. The summed E-state index contributed by atoms with van der Waals surface area (Å²) in [7, 11) is 1.23. The number of amides is 4. The van der Waals surface area contributed by atoms with Gasteiger partial charge >= 0.3 is 6.18 Å². The predicted octanol–water partition coefficient (Wildman–Crippen LogP) is 1.73. The van der Waals surface area contributed by atoms with Crippen LogP contribution in [0, 0.1) is 5.92 Å². The largest absolute Gasteiger partial charge is 0.433 e. The molecule has 0 unspecified atom stereocenters. The molecule has 2 aromatic rings. The molecule has 2 heterocycles. The van der Waals surface area contributed by atoms with E-state index in [1.165, 1.54) is 19.2 Å². The van der Waals surface area contributed by atoms with Crippen LogP contribution in [0.2, 0.25) is 5.02 Å². The van der Waals surface area contributed by atoms with Crippen LogP contribution in [0.25, 0.3) is 0 Å². The lowest BCUT2D eigenvalue weighted by Crippen LogP contribution is -2.48. The van der Waals surface area contributed by atoms with Crippen molar-refractivity contribution in [3.8, 4) is 0 Å². The number of hydrogen-bond donors (Lipinski definition) is 4. The Bertz CT molecular complexity index is 1290. The monoisotopic (exact) mass is 554 g/mol. The SMILES string of the molecule is CNC(=O)C(=O)[C@H](C[C@@H]1C[C@@H](C)NC1=O)NC(=O)c1cc(Cl)ccc1NC(=O)c1nccc(C(F)(F)F)n1. The molecule has 4 amide bonds. The quantitative estimate of drug-likeness (QED) is 0.362. The average Bonchev–Trinajstić information content (AvgIpc) is 3.19. The summed E-state index contributed by atoms with van der Waals surface area (Å²) in [5.41, 5.74) is -1.79. The van der Waals surface area contributed by atoms with Crippen molar-refractivity contribution in [2.75, 3.05) is 12.4 Å². The van der Waals surface area contributed by atoms with Gasteiger partial charge in [0, 0.05) is 30.2 Å². The maximum absolute atomic E-state index is 13.2. The molecule has 202 valence electrons. The van der Waals surface area contributed by atoms with Gasteiger partial charge in [-0.2, -0.15) is 13.2 Å². The smallest absolute Gasteiger partial charge is 0.353 e. The Morgan fingerprint density at radius 2 is 1.89 bits per heavy atom. The zero-order valence-electron chi connectivity index (χ0n) is 20.0. The minimum absolute atomic E-state index is 0.0571. The zero-order valence-corrected chi connectivity index (χ0v) is 20.7. The van der Waals surface area contributed by atoms with E-state index in [2.05, 4.69) is 31.2 Å². The number of Topliss-reactive ketones (excluding diaryl/α,β-unsaturated/α-hetero) is 1. The highest BCUT2D eigenvalue weighted by Crippen LogP contribution is 2.27. The summed E-state index contributed by atoms with van der Waals surface area (Å²) < 4.78 is 38.9. The van der Waals surface area contributed by atoms with E-state index in [4.69, 9.17) is 11.6 Å². The number of nitrogens with one attached hydrogen (secondary N) is 4. The van der Waals surface area contributed by atoms with Gasteiger partial charge in [-0.3, -0.25) is 24.0 Å². The average molecular weight is 555 g/mol. The Morgan fingerprint density at radius 1 is 1.18 bits per heavy atom. The van der Waals surface area contributed by atoms with Crippen molar-refractivity contribution >= 4 is 46.7 Å². The number of alkyl halides is 3. The molecule has 1 aliphatic heterocycles. The van der Waals surface area contributed by atoms with Crippen molar-refractivity contribution in [1.29, 1.82) is 0 Å². The Hall–Kier alpha value is -4.07. The van der Waals surface area contributed by atoms with Crippen LogP contribution in [0.4, 0.5) is 18.9 Å². The number of aromatic nitrogens is 2. The lowest BCUT2D eigenvalue weighted by molar-refractivity contribution is -0.141. The van der Waals surface area contributed by atoms with E-state index in [9.17, 15) is 37.1 Å². The molecule has 0 radical (unpaired) electrons.